The Hall–Kier alpha value is -0.160. The molecule has 0 aromatic heterocycles. The third kappa shape index (κ3) is 2.94. The lowest BCUT2D eigenvalue weighted by atomic mass is 10.0. The van der Waals surface area contributed by atoms with E-state index in [2.05, 4.69) is 25.7 Å². The zero-order valence-corrected chi connectivity index (χ0v) is 10.6. The Balaban J connectivity index is 1.89. The Labute approximate surface area is 98.1 Å². The minimum Gasteiger partial charge on any atom is -0.379 e. The summed E-state index contributed by atoms with van der Waals surface area (Å²) >= 11 is 0. The van der Waals surface area contributed by atoms with Crippen LogP contribution in [0.5, 0.6) is 0 Å². The number of rotatable bonds is 2. The van der Waals surface area contributed by atoms with Crippen molar-refractivity contribution in [2.75, 3.05) is 32.8 Å². The number of nitrogens with two attached hydrogens (primary N) is 1. The van der Waals surface area contributed by atoms with Gasteiger partial charge in [-0.15, -0.1) is 0 Å². The molecule has 3 atom stereocenters. The zero-order chi connectivity index (χ0) is 11.8. The fraction of sp³-hybridized carbons (Fsp3) is 1.00. The van der Waals surface area contributed by atoms with Gasteiger partial charge < -0.3 is 15.2 Å². The summed E-state index contributed by atoms with van der Waals surface area (Å²) in [7, 11) is 0. The molecule has 2 aliphatic rings. The van der Waals surface area contributed by atoms with Crippen LogP contribution in [0.1, 0.15) is 20.8 Å². The average Bonchev–Trinajstić information content (AvgIpc) is 2.48. The van der Waals surface area contributed by atoms with E-state index >= 15 is 0 Å². The van der Waals surface area contributed by atoms with Gasteiger partial charge in [-0.25, -0.2) is 0 Å². The number of hydrogen-bond donors (Lipinski definition) is 1. The van der Waals surface area contributed by atoms with Crippen molar-refractivity contribution in [2.45, 2.75) is 38.5 Å². The standard InChI is InChI=1S/C12H24N2O2/c1-9-4-14(8-12(2,3)16-9)5-10-6-15-7-11(10)13/h9-11H,4-8,13H2,1-3H3. The molecule has 0 aliphatic carbocycles. The highest BCUT2D eigenvalue weighted by atomic mass is 16.5. The zero-order valence-electron chi connectivity index (χ0n) is 10.6. The Morgan fingerprint density at radius 2 is 2.12 bits per heavy atom. The van der Waals surface area contributed by atoms with Gasteiger partial charge in [0.2, 0.25) is 0 Å². The molecule has 16 heavy (non-hydrogen) atoms. The maximum Gasteiger partial charge on any atom is 0.0757 e. The van der Waals surface area contributed by atoms with E-state index in [1.165, 1.54) is 0 Å². The first-order valence-corrected chi connectivity index (χ1v) is 6.20. The van der Waals surface area contributed by atoms with Gasteiger partial charge in [-0.3, -0.25) is 4.90 Å². The van der Waals surface area contributed by atoms with Gasteiger partial charge in [0, 0.05) is 31.6 Å². The van der Waals surface area contributed by atoms with Crippen molar-refractivity contribution in [2.24, 2.45) is 11.7 Å². The molecule has 0 amide bonds. The van der Waals surface area contributed by atoms with Crippen molar-refractivity contribution < 1.29 is 9.47 Å². The third-order valence-electron chi connectivity index (χ3n) is 3.38. The minimum absolute atomic E-state index is 0.0405. The van der Waals surface area contributed by atoms with E-state index in [1.54, 1.807) is 0 Å². The van der Waals surface area contributed by atoms with E-state index in [-0.39, 0.29) is 11.6 Å². The number of hydrogen-bond acceptors (Lipinski definition) is 4. The topological polar surface area (TPSA) is 47.7 Å². The summed E-state index contributed by atoms with van der Waals surface area (Å²) in [6.07, 6.45) is 0.308. The van der Waals surface area contributed by atoms with Crippen LogP contribution < -0.4 is 5.73 Å². The lowest BCUT2D eigenvalue weighted by molar-refractivity contribution is -0.131. The molecule has 0 radical (unpaired) electrons. The summed E-state index contributed by atoms with van der Waals surface area (Å²) in [4.78, 5) is 2.47. The van der Waals surface area contributed by atoms with Gasteiger partial charge in [-0.1, -0.05) is 0 Å². The summed E-state index contributed by atoms with van der Waals surface area (Å²) in [5.74, 6) is 0.487. The van der Waals surface area contributed by atoms with Crippen molar-refractivity contribution >= 4 is 0 Å². The Kier molecular flexibility index (Phi) is 3.54. The molecule has 2 rings (SSSR count). The van der Waals surface area contributed by atoms with Crippen LogP contribution in [0.4, 0.5) is 0 Å². The molecule has 0 aromatic rings. The lowest BCUT2D eigenvalue weighted by Crippen LogP contribution is -2.54. The van der Waals surface area contributed by atoms with Crippen molar-refractivity contribution in [1.29, 1.82) is 0 Å². The maximum atomic E-state index is 6.02. The average molecular weight is 228 g/mol. The molecular formula is C12H24N2O2. The first-order valence-electron chi connectivity index (χ1n) is 6.20. The summed E-state index contributed by atoms with van der Waals surface area (Å²) in [5.41, 5.74) is 5.98. The van der Waals surface area contributed by atoms with Crippen LogP contribution in [0, 0.1) is 5.92 Å². The van der Waals surface area contributed by atoms with E-state index in [4.69, 9.17) is 15.2 Å². The smallest absolute Gasteiger partial charge is 0.0757 e. The van der Waals surface area contributed by atoms with Crippen molar-refractivity contribution in [1.82, 2.24) is 4.90 Å². The first kappa shape index (κ1) is 12.3. The van der Waals surface area contributed by atoms with E-state index in [9.17, 15) is 0 Å². The predicted octanol–water partition coefficient (Wildman–Crippen LogP) is 0.459. The molecule has 0 aromatic carbocycles. The third-order valence-corrected chi connectivity index (χ3v) is 3.38. The Bertz CT molecular complexity index is 245. The highest BCUT2D eigenvalue weighted by Crippen LogP contribution is 2.23. The molecule has 4 heteroatoms. The number of nitrogens with zero attached hydrogens (tertiary/aromatic N) is 1. The molecule has 2 aliphatic heterocycles. The van der Waals surface area contributed by atoms with E-state index < -0.39 is 0 Å². The molecule has 0 bridgehead atoms. The first-order chi connectivity index (χ1) is 7.46. The van der Waals surface area contributed by atoms with Crippen LogP contribution in [-0.4, -0.2) is 55.5 Å². The van der Waals surface area contributed by atoms with Crippen LogP contribution >= 0.6 is 0 Å². The van der Waals surface area contributed by atoms with Gasteiger partial charge in [0.25, 0.3) is 0 Å². The summed E-state index contributed by atoms with van der Waals surface area (Å²) < 4.78 is 11.3. The van der Waals surface area contributed by atoms with Gasteiger partial charge in [-0.2, -0.15) is 0 Å². The molecule has 2 heterocycles. The van der Waals surface area contributed by atoms with Gasteiger partial charge >= 0.3 is 0 Å². The summed E-state index contributed by atoms with van der Waals surface area (Å²) in [6.45, 7) is 11.0. The molecule has 3 unspecified atom stereocenters. The molecule has 2 saturated heterocycles. The van der Waals surface area contributed by atoms with Gasteiger partial charge in [0.05, 0.1) is 24.9 Å². The molecule has 2 N–H and O–H groups in total. The molecule has 0 spiro atoms. The normalized spacial score (nSPS) is 40.1. The number of ether oxygens (including phenoxy) is 2. The quantitative estimate of drug-likeness (QED) is 0.746. The van der Waals surface area contributed by atoms with Gasteiger partial charge in [-0.05, 0) is 20.8 Å². The van der Waals surface area contributed by atoms with Crippen LogP contribution in [0.25, 0.3) is 0 Å². The van der Waals surface area contributed by atoms with Crippen LogP contribution in [0.2, 0.25) is 0 Å². The van der Waals surface area contributed by atoms with Crippen LogP contribution in [0.15, 0.2) is 0 Å². The van der Waals surface area contributed by atoms with E-state index in [0.717, 1.165) is 26.2 Å². The molecular weight excluding hydrogens is 204 g/mol. The highest BCUT2D eigenvalue weighted by Gasteiger charge is 2.34. The molecule has 94 valence electrons. The molecule has 0 saturated carbocycles. The highest BCUT2D eigenvalue weighted by molar-refractivity contribution is 4.87. The summed E-state index contributed by atoms with van der Waals surface area (Å²) in [6, 6.07) is 0.210. The van der Waals surface area contributed by atoms with Crippen LogP contribution in [-0.2, 0) is 9.47 Å². The Morgan fingerprint density at radius 1 is 1.38 bits per heavy atom. The predicted molar refractivity (Wildman–Crippen MR) is 63.4 cm³/mol. The molecule has 4 nitrogen and oxygen atoms in total. The van der Waals surface area contributed by atoms with E-state index in [1.807, 2.05) is 0 Å². The minimum atomic E-state index is -0.0405. The SMILES string of the molecule is CC1CN(CC2COCC2N)CC(C)(C)O1. The molecule has 2 fully saturated rings. The summed E-state index contributed by atoms with van der Waals surface area (Å²) in [5, 5.41) is 0. The maximum absolute atomic E-state index is 6.02. The number of morpholine rings is 1. The fourth-order valence-electron chi connectivity index (χ4n) is 2.86. The largest absolute Gasteiger partial charge is 0.379 e. The van der Waals surface area contributed by atoms with Crippen LogP contribution in [0.3, 0.4) is 0 Å². The second-order valence-electron chi connectivity index (χ2n) is 5.84. The second-order valence-corrected chi connectivity index (χ2v) is 5.84. The Morgan fingerprint density at radius 3 is 2.69 bits per heavy atom. The monoisotopic (exact) mass is 228 g/mol. The van der Waals surface area contributed by atoms with Crippen molar-refractivity contribution in [3.05, 3.63) is 0 Å². The van der Waals surface area contributed by atoms with Crippen molar-refractivity contribution in [3.8, 4) is 0 Å². The lowest BCUT2D eigenvalue weighted by Gasteiger charge is -2.42. The fourth-order valence-corrected chi connectivity index (χ4v) is 2.86. The van der Waals surface area contributed by atoms with Gasteiger partial charge in [0.15, 0.2) is 0 Å². The van der Waals surface area contributed by atoms with E-state index in [0.29, 0.717) is 18.6 Å². The second kappa shape index (κ2) is 4.61. The van der Waals surface area contributed by atoms with Crippen molar-refractivity contribution in [3.63, 3.8) is 0 Å². The van der Waals surface area contributed by atoms with Gasteiger partial charge in [0.1, 0.15) is 0 Å².